The first-order chi connectivity index (χ1) is 9.80. The third-order valence-electron chi connectivity index (χ3n) is 4.39. The van der Waals surface area contributed by atoms with E-state index in [1.807, 2.05) is 13.0 Å². The van der Waals surface area contributed by atoms with Crippen LogP contribution in [0.1, 0.15) is 44.6 Å². The third kappa shape index (κ3) is 3.53. The summed E-state index contributed by atoms with van der Waals surface area (Å²) in [4.78, 5) is 2.59. The molecule has 2 atom stereocenters. The Bertz CT molecular complexity index is 408. The largest absolute Gasteiger partial charge is 0.494 e. The molecule has 1 aliphatic heterocycles. The Balaban J connectivity index is 2.19. The molecule has 2 N–H and O–H groups in total. The van der Waals surface area contributed by atoms with Gasteiger partial charge in [-0.2, -0.15) is 0 Å². The number of likely N-dealkylation sites (N-methyl/N-ethyl adjacent to an activating group) is 1. The van der Waals surface area contributed by atoms with E-state index >= 15 is 0 Å². The monoisotopic (exact) mass is 276 g/mol. The van der Waals surface area contributed by atoms with Crippen LogP contribution in [-0.2, 0) is 0 Å². The summed E-state index contributed by atoms with van der Waals surface area (Å²) in [7, 11) is 0. The number of nitrogens with two attached hydrogens (primary N) is 1. The van der Waals surface area contributed by atoms with Crippen LogP contribution in [0.3, 0.4) is 0 Å². The second kappa shape index (κ2) is 7.65. The van der Waals surface area contributed by atoms with Crippen LogP contribution >= 0.6 is 0 Å². The summed E-state index contributed by atoms with van der Waals surface area (Å²) < 4.78 is 5.63. The molecule has 3 heteroatoms. The molecule has 1 aromatic carbocycles. The minimum absolute atomic E-state index is 0.413. The highest BCUT2D eigenvalue weighted by Gasteiger charge is 2.29. The lowest BCUT2D eigenvalue weighted by molar-refractivity contribution is 0.134. The van der Waals surface area contributed by atoms with E-state index < -0.39 is 0 Å². The number of likely N-dealkylation sites (tertiary alicyclic amines) is 1. The summed E-state index contributed by atoms with van der Waals surface area (Å²) in [6.07, 6.45) is 3.90. The van der Waals surface area contributed by atoms with E-state index in [4.69, 9.17) is 10.5 Å². The van der Waals surface area contributed by atoms with Gasteiger partial charge in [-0.3, -0.25) is 0 Å². The second-order valence-electron chi connectivity index (χ2n) is 5.54. The van der Waals surface area contributed by atoms with Crippen molar-refractivity contribution in [2.75, 3.05) is 26.2 Å². The molecule has 0 aliphatic carbocycles. The Morgan fingerprint density at radius 2 is 2.20 bits per heavy atom. The molecular weight excluding hydrogens is 248 g/mol. The highest BCUT2D eigenvalue weighted by atomic mass is 16.5. The van der Waals surface area contributed by atoms with Gasteiger partial charge in [0.15, 0.2) is 0 Å². The van der Waals surface area contributed by atoms with Gasteiger partial charge in [0.05, 0.1) is 6.61 Å². The fourth-order valence-corrected chi connectivity index (χ4v) is 3.38. The maximum Gasteiger partial charge on any atom is 0.119 e. The zero-order valence-electron chi connectivity index (χ0n) is 12.8. The van der Waals surface area contributed by atoms with Gasteiger partial charge in [0.1, 0.15) is 5.75 Å². The minimum Gasteiger partial charge on any atom is -0.494 e. The van der Waals surface area contributed by atoms with E-state index in [2.05, 4.69) is 30.0 Å². The van der Waals surface area contributed by atoms with Crippen molar-refractivity contribution in [2.24, 2.45) is 5.73 Å². The second-order valence-corrected chi connectivity index (χ2v) is 5.54. The van der Waals surface area contributed by atoms with Crippen molar-refractivity contribution in [1.82, 2.24) is 4.90 Å². The Hall–Kier alpha value is -1.06. The maximum atomic E-state index is 6.11. The molecule has 1 aromatic rings. The number of nitrogens with zero attached hydrogens (tertiary/aromatic N) is 1. The molecule has 0 bridgehead atoms. The van der Waals surface area contributed by atoms with E-state index in [-0.39, 0.29) is 0 Å². The number of hydrogen-bond acceptors (Lipinski definition) is 3. The molecule has 112 valence electrons. The number of hydrogen-bond donors (Lipinski definition) is 1. The molecule has 0 radical (unpaired) electrons. The van der Waals surface area contributed by atoms with Gasteiger partial charge in [-0.1, -0.05) is 25.5 Å². The fourth-order valence-electron chi connectivity index (χ4n) is 3.38. The van der Waals surface area contributed by atoms with Crippen LogP contribution in [0.15, 0.2) is 24.3 Å². The van der Waals surface area contributed by atoms with Gasteiger partial charge in [-0.25, -0.2) is 0 Å². The maximum absolute atomic E-state index is 6.11. The lowest BCUT2D eigenvalue weighted by Crippen LogP contribution is -2.45. The zero-order chi connectivity index (χ0) is 14.4. The summed E-state index contributed by atoms with van der Waals surface area (Å²) in [5, 5.41) is 0. The van der Waals surface area contributed by atoms with Crippen molar-refractivity contribution >= 4 is 0 Å². The van der Waals surface area contributed by atoms with Gasteiger partial charge >= 0.3 is 0 Å². The van der Waals surface area contributed by atoms with Crippen LogP contribution in [-0.4, -0.2) is 37.2 Å². The van der Waals surface area contributed by atoms with Crippen LogP contribution in [0.25, 0.3) is 0 Å². The third-order valence-corrected chi connectivity index (χ3v) is 4.39. The van der Waals surface area contributed by atoms with Crippen molar-refractivity contribution in [3.05, 3.63) is 29.8 Å². The van der Waals surface area contributed by atoms with Crippen molar-refractivity contribution in [2.45, 2.75) is 45.1 Å². The molecular formula is C17H28N2O. The van der Waals surface area contributed by atoms with Crippen LogP contribution < -0.4 is 10.5 Å². The average molecular weight is 276 g/mol. The smallest absolute Gasteiger partial charge is 0.119 e. The molecule has 20 heavy (non-hydrogen) atoms. The van der Waals surface area contributed by atoms with Crippen molar-refractivity contribution in [3.63, 3.8) is 0 Å². The molecule has 2 unspecified atom stereocenters. The highest BCUT2D eigenvalue weighted by molar-refractivity contribution is 5.32. The Morgan fingerprint density at radius 1 is 1.35 bits per heavy atom. The molecule has 1 heterocycles. The number of ether oxygens (including phenoxy) is 1. The van der Waals surface area contributed by atoms with Gasteiger partial charge < -0.3 is 15.4 Å². The average Bonchev–Trinajstić information content (AvgIpc) is 2.49. The summed E-state index contributed by atoms with van der Waals surface area (Å²) in [6.45, 7) is 8.02. The highest BCUT2D eigenvalue weighted by Crippen LogP contribution is 2.31. The van der Waals surface area contributed by atoms with Crippen molar-refractivity contribution < 1.29 is 4.74 Å². The summed E-state index contributed by atoms with van der Waals surface area (Å²) >= 11 is 0. The first kappa shape index (κ1) is 15.3. The summed E-state index contributed by atoms with van der Waals surface area (Å²) in [5.74, 6) is 1.37. The van der Waals surface area contributed by atoms with Crippen molar-refractivity contribution in [3.8, 4) is 5.75 Å². The number of benzene rings is 1. The Morgan fingerprint density at radius 3 is 2.90 bits per heavy atom. The van der Waals surface area contributed by atoms with Gasteiger partial charge in [-0.05, 0) is 50.6 Å². The van der Waals surface area contributed by atoms with E-state index in [0.717, 1.165) is 12.3 Å². The molecule has 0 amide bonds. The minimum atomic E-state index is 0.413. The van der Waals surface area contributed by atoms with E-state index in [0.29, 0.717) is 25.1 Å². The summed E-state index contributed by atoms with van der Waals surface area (Å²) in [5.41, 5.74) is 7.43. The Labute approximate surface area is 123 Å². The lowest BCUT2D eigenvalue weighted by Gasteiger charge is -2.40. The van der Waals surface area contributed by atoms with E-state index in [1.165, 1.54) is 31.4 Å². The normalized spacial score (nSPS) is 21.6. The van der Waals surface area contributed by atoms with Crippen LogP contribution in [0.2, 0.25) is 0 Å². The quantitative estimate of drug-likeness (QED) is 0.868. The van der Waals surface area contributed by atoms with Crippen LogP contribution in [0.4, 0.5) is 0 Å². The number of rotatable bonds is 6. The van der Waals surface area contributed by atoms with Crippen molar-refractivity contribution in [1.29, 1.82) is 0 Å². The SMILES string of the molecule is CCOc1cccc(C(CN)C2CCCCN2CC)c1. The van der Waals surface area contributed by atoms with E-state index in [9.17, 15) is 0 Å². The molecule has 2 rings (SSSR count). The van der Waals surface area contributed by atoms with Gasteiger partial charge in [-0.15, -0.1) is 0 Å². The predicted octanol–water partition coefficient (Wildman–Crippen LogP) is 3.00. The molecule has 1 aliphatic rings. The van der Waals surface area contributed by atoms with E-state index in [1.54, 1.807) is 0 Å². The van der Waals surface area contributed by atoms with Crippen LogP contribution in [0, 0.1) is 0 Å². The van der Waals surface area contributed by atoms with Gasteiger partial charge in [0.2, 0.25) is 0 Å². The molecule has 1 fully saturated rings. The standard InChI is InChI=1S/C17H28N2O/c1-3-19-11-6-5-10-17(19)16(13-18)14-8-7-9-15(12-14)20-4-2/h7-9,12,16-17H,3-6,10-11,13,18H2,1-2H3. The molecule has 0 aromatic heterocycles. The molecule has 1 saturated heterocycles. The molecule has 0 spiro atoms. The zero-order valence-corrected chi connectivity index (χ0v) is 12.8. The summed E-state index contributed by atoms with van der Waals surface area (Å²) in [6, 6.07) is 9.06. The van der Waals surface area contributed by atoms with Gasteiger partial charge in [0.25, 0.3) is 0 Å². The topological polar surface area (TPSA) is 38.5 Å². The number of piperidine rings is 1. The predicted molar refractivity (Wildman–Crippen MR) is 84.3 cm³/mol. The first-order valence-corrected chi connectivity index (χ1v) is 7.97. The lowest BCUT2D eigenvalue weighted by atomic mass is 9.85. The fraction of sp³-hybridized carbons (Fsp3) is 0.647. The van der Waals surface area contributed by atoms with Crippen LogP contribution in [0.5, 0.6) is 5.75 Å². The first-order valence-electron chi connectivity index (χ1n) is 7.97. The molecule has 0 saturated carbocycles. The molecule has 3 nitrogen and oxygen atoms in total. The van der Waals surface area contributed by atoms with Gasteiger partial charge in [0, 0.05) is 18.5 Å². The Kier molecular flexibility index (Phi) is 5.86.